The first kappa shape index (κ1) is 13.1. The van der Waals surface area contributed by atoms with Crippen LogP contribution in [0, 0.1) is 12.7 Å². The van der Waals surface area contributed by atoms with Crippen LogP contribution in [0.2, 0.25) is 0 Å². The maximum Gasteiger partial charge on any atom is 0.123 e. The number of aromatic amines is 1. The van der Waals surface area contributed by atoms with E-state index < -0.39 is 0 Å². The molecule has 1 atom stereocenters. The summed E-state index contributed by atoms with van der Waals surface area (Å²) in [5, 5.41) is 1.00. The number of fused-ring (bicyclic) bond motifs is 1. The van der Waals surface area contributed by atoms with Crippen LogP contribution in [-0.2, 0) is 0 Å². The second-order valence-corrected chi connectivity index (χ2v) is 5.97. The summed E-state index contributed by atoms with van der Waals surface area (Å²) in [6, 6.07) is 4.97. The van der Waals surface area contributed by atoms with E-state index in [9.17, 15) is 4.39 Å². The van der Waals surface area contributed by atoms with Gasteiger partial charge in [-0.2, -0.15) is 0 Å². The molecule has 0 spiro atoms. The monoisotopic (exact) mass is 286 g/mol. The Kier molecular flexibility index (Phi) is 3.40. The second-order valence-electron chi connectivity index (χ2n) is 4.89. The SMILES string of the molecule is Cc1c(/C=C/[C@H](C)c2cnc[nH]2)sc2ccc(F)cc12. The molecule has 0 aliphatic rings. The van der Waals surface area contributed by atoms with E-state index in [1.54, 1.807) is 23.7 Å². The van der Waals surface area contributed by atoms with Crippen LogP contribution in [0.15, 0.2) is 36.8 Å². The number of thiophene rings is 1. The average molecular weight is 286 g/mol. The van der Waals surface area contributed by atoms with Crippen molar-refractivity contribution in [1.82, 2.24) is 9.97 Å². The van der Waals surface area contributed by atoms with Crippen LogP contribution in [0.3, 0.4) is 0 Å². The number of aryl methyl sites for hydroxylation is 1. The number of hydrogen-bond acceptors (Lipinski definition) is 2. The zero-order chi connectivity index (χ0) is 14.1. The van der Waals surface area contributed by atoms with Crippen molar-refractivity contribution in [3.8, 4) is 0 Å². The van der Waals surface area contributed by atoms with Gasteiger partial charge in [0.1, 0.15) is 5.82 Å². The van der Waals surface area contributed by atoms with Crippen LogP contribution in [-0.4, -0.2) is 9.97 Å². The third-order valence-corrected chi connectivity index (χ3v) is 4.72. The first-order chi connectivity index (χ1) is 9.65. The van der Waals surface area contributed by atoms with Crippen molar-refractivity contribution in [2.75, 3.05) is 0 Å². The molecule has 102 valence electrons. The molecule has 3 aromatic rings. The Balaban J connectivity index is 1.93. The van der Waals surface area contributed by atoms with Gasteiger partial charge < -0.3 is 4.98 Å². The summed E-state index contributed by atoms with van der Waals surface area (Å²) in [5.74, 6) is 0.0959. The molecule has 0 fully saturated rings. The minimum atomic E-state index is -0.181. The van der Waals surface area contributed by atoms with Crippen molar-refractivity contribution in [1.29, 1.82) is 0 Å². The van der Waals surface area contributed by atoms with Crippen LogP contribution >= 0.6 is 11.3 Å². The van der Waals surface area contributed by atoms with E-state index in [4.69, 9.17) is 0 Å². The van der Waals surface area contributed by atoms with E-state index >= 15 is 0 Å². The van der Waals surface area contributed by atoms with E-state index in [0.717, 1.165) is 21.3 Å². The number of H-pyrrole nitrogens is 1. The van der Waals surface area contributed by atoms with Gasteiger partial charge in [-0.05, 0) is 42.1 Å². The third kappa shape index (κ3) is 2.39. The lowest BCUT2D eigenvalue weighted by Gasteiger charge is -2.01. The molecule has 4 heteroatoms. The van der Waals surface area contributed by atoms with Crippen molar-refractivity contribution in [3.05, 3.63) is 58.8 Å². The van der Waals surface area contributed by atoms with E-state index in [0.29, 0.717) is 0 Å². The third-order valence-electron chi connectivity index (χ3n) is 3.48. The van der Waals surface area contributed by atoms with E-state index in [1.165, 1.54) is 10.9 Å². The normalized spacial score (nSPS) is 13.3. The van der Waals surface area contributed by atoms with Gasteiger partial charge in [0, 0.05) is 27.4 Å². The summed E-state index contributed by atoms with van der Waals surface area (Å²) in [5.41, 5.74) is 2.23. The number of rotatable bonds is 3. The van der Waals surface area contributed by atoms with Crippen molar-refractivity contribution in [2.45, 2.75) is 19.8 Å². The van der Waals surface area contributed by atoms with Crippen molar-refractivity contribution in [2.24, 2.45) is 0 Å². The van der Waals surface area contributed by atoms with Crippen molar-refractivity contribution >= 4 is 27.5 Å². The molecule has 1 aromatic carbocycles. The molecule has 2 nitrogen and oxygen atoms in total. The maximum absolute atomic E-state index is 13.3. The molecule has 0 bridgehead atoms. The minimum absolute atomic E-state index is 0.181. The van der Waals surface area contributed by atoms with E-state index in [2.05, 4.69) is 29.0 Å². The summed E-state index contributed by atoms with van der Waals surface area (Å²) in [6.45, 7) is 4.16. The topological polar surface area (TPSA) is 28.7 Å². The Morgan fingerprint density at radius 1 is 1.40 bits per heavy atom. The van der Waals surface area contributed by atoms with Gasteiger partial charge in [0.15, 0.2) is 0 Å². The van der Waals surface area contributed by atoms with Gasteiger partial charge in [-0.1, -0.05) is 13.0 Å². The lowest BCUT2D eigenvalue weighted by Crippen LogP contribution is -1.87. The van der Waals surface area contributed by atoms with Crippen LogP contribution in [0.25, 0.3) is 16.2 Å². The smallest absolute Gasteiger partial charge is 0.123 e. The molecule has 0 unspecified atom stereocenters. The highest BCUT2D eigenvalue weighted by Gasteiger charge is 2.08. The molecule has 0 aliphatic heterocycles. The number of benzene rings is 1. The number of allylic oxidation sites excluding steroid dienone is 1. The maximum atomic E-state index is 13.3. The van der Waals surface area contributed by atoms with Gasteiger partial charge in [0.05, 0.1) is 6.33 Å². The summed E-state index contributed by atoms with van der Waals surface area (Å²) in [6.07, 6.45) is 7.78. The van der Waals surface area contributed by atoms with Crippen LogP contribution < -0.4 is 0 Å². The molecule has 0 saturated carbocycles. The number of nitrogens with one attached hydrogen (secondary N) is 1. The molecule has 2 aromatic heterocycles. The largest absolute Gasteiger partial charge is 0.348 e. The fourth-order valence-corrected chi connectivity index (χ4v) is 3.33. The van der Waals surface area contributed by atoms with Crippen molar-refractivity contribution in [3.63, 3.8) is 0 Å². The Hall–Kier alpha value is -1.94. The van der Waals surface area contributed by atoms with Gasteiger partial charge in [-0.3, -0.25) is 0 Å². The summed E-state index contributed by atoms with van der Waals surface area (Å²) >= 11 is 1.69. The highest BCUT2D eigenvalue weighted by atomic mass is 32.1. The summed E-state index contributed by atoms with van der Waals surface area (Å²) in [7, 11) is 0. The summed E-state index contributed by atoms with van der Waals surface area (Å²) in [4.78, 5) is 8.32. The molecule has 0 amide bonds. The average Bonchev–Trinajstić information content (AvgIpc) is 3.06. The van der Waals surface area contributed by atoms with Gasteiger partial charge >= 0.3 is 0 Å². The van der Waals surface area contributed by atoms with E-state index in [-0.39, 0.29) is 11.7 Å². The Labute approximate surface area is 121 Å². The molecule has 20 heavy (non-hydrogen) atoms. The summed E-state index contributed by atoms with van der Waals surface area (Å²) < 4.78 is 14.4. The Bertz CT molecular complexity index is 756. The zero-order valence-electron chi connectivity index (χ0n) is 11.4. The van der Waals surface area contributed by atoms with E-state index in [1.807, 2.05) is 19.2 Å². The van der Waals surface area contributed by atoms with Gasteiger partial charge in [-0.15, -0.1) is 11.3 Å². The molecule has 0 radical (unpaired) electrons. The highest BCUT2D eigenvalue weighted by Crippen LogP contribution is 2.32. The predicted octanol–water partition coefficient (Wildman–Crippen LogP) is 4.89. The van der Waals surface area contributed by atoms with Gasteiger partial charge in [0.25, 0.3) is 0 Å². The van der Waals surface area contributed by atoms with Gasteiger partial charge in [-0.25, -0.2) is 9.37 Å². The van der Waals surface area contributed by atoms with Crippen molar-refractivity contribution < 1.29 is 4.39 Å². The first-order valence-electron chi connectivity index (χ1n) is 6.50. The molecule has 0 aliphatic carbocycles. The molecular weight excluding hydrogens is 271 g/mol. The minimum Gasteiger partial charge on any atom is -0.348 e. The molecule has 1 N–H and O–H groups in total. The zero-order valence-corrected chi connectivity index (χ0v) is 12.2. The molecule has 3 rings (SSSR count). The Morgan fingerprint density at radius 2 is 2.25 bits per heavy atom. The lowest BCUT2D eigenvalue weighted by atomic mass is 10.1. The van der Waals surface area contributed by atoms with Crippen LogP contribution in [0.4, 0.5) is 4.39 Å². The molecular formula is C16H15FN2S. The fourth-order valence-electron chi connectivity index (χ4n) is 2.22. The first-order valence-corrected chi connectivity index (χ1v) is 7.32. The lowest BCUT2D eigenvalue weighted by molar-refractivity contribution is 0.630. The second kappa shape index (κ2) is 5.21. The highest BCUT2D eigenvalue weighted by molar-refractivity contribution is 7.20. The number of nitrogens with zero attached hydrogens (tertiary/aromatic N) is 1. The number of aromatic nitrogens is 2. The van der Waals surface area contributed by atoms with Gasteiger partial charge in [0.2, 0.25) is 0 Å². The van der Waals surface area contributed by atoms with Crippen LogP contribution in [0.1, 0.15) is 29.0 Å². The van der Waals surface area contributed by atoms with Crippen LogP contribution in [0.5, 0.6) is 0 Å². The quantitative estimate of drug-likeness (QED) is 0.729. The molecule has 2 heterocycles. The number of imidazole rings is 1. The Morgan fingerprint density at radius 3 is 3.00 bits per heavy atom. The standard InChI is InChI=1S/C16H15FN2S/c1-10(14-8-18-9-19-14)3-5-15-11(2)13-7-12(17)4-6-16(13)20-15/h3-10H,1-2H3,(H,18,19)/b5-3+/t10-/m0/s1. The number of hydrogen-bond donors (Lipinski definition) is 1. The predicted molar refractivity (Wildman–Crippen MR) is 82.6 cm³/mol. The number of halogens is 1. The molecule has 0 saturated heterocycles. The fraction of sp³-hybridized carbons (Fsp3) is 0.188.